The molecule has 0 unspecified atom stereocenters. The lowest BCUT2D eigenvalue weighted by Crippen LogP contribution is -2.12. The highest BCUT2D eigenvalue weighted by molar-refractivity contribution is 6.30. The van der Waals surface area contributed by atoms with E-state index in [2.05, 4.69) is 5.10 Å². The van der Waals surface area contributed by atoms with Crippen LogP contribution >= 0.6 is 11.6 Å². The molecule has 0 spiro atoms. The van der Waals surface area contributed by atoms with Crippen molar-refractivity contribution in [1.29, 1.82) is 0 Å². The number of hydrogen-bond donors (Lipinski definition) is 0. The Kier molecular flexibility index (Phi) is 2.83. The number of halogens is 1. The monoisotopic (exact) mass is 202 g/mol. The Morgan fingerprint density at radius 3 is 2.92 bits per heavy atom. The zero-order chi connectivity index (χ0) is 9.10. The van der Waals surface area contributed by atoms with Crippen molar-refractivity contribution in [2.45, 2.75) is 19.3 Å². The van der Waals surface area contributed by atoms with Gasteiger partial charge >= 0.3 is 0 Å². The molecule has 4 nitrogen and oxygen atoms in total. The second kappa shape index (κ2) is 4.09. The molecule has 2 rings (SSSR count). The Balaban J connectivity index is 1.78. The van der Waals surface area contributed by atoms with Crippen LogP contribution in [0.1, 0.15) is 6.42 Å². The lowest BCUT2D eigenvalue weighted by Gasteiger charge is -2.07. The van der Waals surface area contributed by atoms with E-state index < -0.39 is 0 Å². The maximum atomic E-state index is 5.71. The summed E-state index contributed by atoms with van der Waals surface area (Å²) in [5.41, 5.74) is 0. The predicted molar refractivity (Wildman–Crippen MR) is 47.5 cm³/mol. The number of hydrogen-bond acceptors (Lipinski definition) is 3. The van der Waals surface area contributed by atoms with Gasteiger partial charge < -0.3 is 9.47 Å². The molecular formula is C8H11ClN2O2. The Bertz CT molecular complexity index is 271. The molecule has 0 amide bonds. The highest BCUT2D eigenvalue weighted by atomic mass is 35.5. The highest BCUT2D eigenvalue weighted by Crippen LogP contribution is 2.10. The quantitative estimate of drug-likeness (QED) is 0.742. The topological polar surface area (TPSA) is 36.3 Å². The van der Waals surface area contributed by atoms with Crippen molar-refractivity contribution in [3.63, 3.8) is 0 Å². The van der Waals surface area contributed by atoms with Crippen molar-refractivity contribution in [1.82, 2.24) is 9.78 Å². The molecule has 1 aromatic heterocycles. The third-order valence-electron chi connectivity index (χ3n) is 1.89. The van der Waals surface area contributed by atoms with Gasteiger partial charge in [0.1, 0.15) is 0 Å². The molecule has 13 heavy (non-hydrogen) atoms. The van der Waals surface area contributed by atoms with Gasteiger partial charge in [0.15, 0.2) is 6.29 Å². The molecule has 5 heteroatoms. The minimum Gasteiger partial charge on any atom is -0.350 e. The summed E-state index contributed by atoms with van der Waals surface area (Å²) in [6.07, 6.45) is 4.16. The van der Waals surface area contributed by atoms with Crippen LogP contribution in [0.2, 0.25) is 5.02 Å². The van der Waals surface area contributed by atoms with Crippen LogP contribution in [0.25, 0.3) is 0 Å². The number of aryl methyl sites for hydroxylation is 1. The molecule has 0 atom stereocenters. The Morgan fingerprint density at radius 1 is 1.54 bits per heavy atom. The van der Waals surface area contributed by atoms with Gasteiger partial charge in [0.2, 0.25) is 0 Å². The van der Waals surface area contributed by atoms with Gasteiger partial charge in [-0.2, -0.15) is 5.10 Å². The predicted octanol–water partition coefficient (Wildman–Crippen LogP) is 1.30. The largest absolute Gasteiger partial charge is 0.350 e. The maximum absolute atomic E-state index is 5.71. The van der Waals surface area contributed by atoms with Crippen LogP contribution in [0.5, 0.6) is 0 Å². The van der Waals surface area contributed by atoms with Gasteiger partial charge in [0.25, 0.3) is 0 Å². The minimum atomic E-state index is -0.0667. The van der Waals surface area contributed by atoms with Crippen molar-refractivity contribution < 1.29 is 9.47 Å². The number of aromatic nitrogens is 2. The van der Waals surface area contributed by atoms with Crippen LogP contribution in [0.15, 0.2) is 12.4 Å². The first-order chi connectivity index (χ1) is 6.34. The molecule has 1 aliphatic heterocycles. The molecule has 1 fully saturated rings. The minimum absolute atomic E-state index is 0.0667. The van der Waals surface area contributed by atoms with Crippen LogP contribution in [0, 0.1) is 0 Å². The normalized spacial score (nSPS) is 18.2. The Labute approximate surface area is 81.4 Å². The third kappa shape index (κ3) is 2.43. The average Bonchev–Trinajstić information content (AvgIpc) is 2.71. The molecule has 1 aromatic rings. The van der Waals surface area contributed by atoms with E-state index in [4.69, 9.17) is 21.1 Å². The van der Waals surface area contributed by atoms with E-state index >= 15 is 0 Å². The van der Waals surface area contributed by atoms with Gasteiger partial charge in [-0.15, -0.1) is 0 Å². The lowest BCUT2D eigenvalue weighted by atomic mass is 10.4. The van der Waals surface area contributed by atoms with Crippen molar-refractivity contribution in [2.75, 3.05) is 13.2 Å². The average molecular weight is 203 g/mol. The zero-order valence-electron chi connectivity index (χ0n) is 7.15. The van der Waals surface area contributed by atoms with Crippen LogP contribution in [-0.4, -0.2) is 29.3 Å². The van der Waals surface area contributed by atoms with E-state index in [0.29, 0.717) is 18.2 Å². The fraction of sp³-hybridized carbons (Fsp3) is 0.625. The molecule has 1 saturated heterocycles. The van der Waals surface area contributed by atoms with Crippen molar-refractivity contribution in [3.8, 4) is 0 Å². The Hall–Kier alpha value is -0.580. The fourth-order valence-corrected chi connectivity index (χ4v) is 1.43. The van der Waals surface area contributed by atoms with Crippen LogP contribution < -0.4 is 0 Å². The summed E-state index contributed by atoms with van der Waals surface area (Å²) < 4.78 is 12.4. The van der Waals surface area contributed by atoms with Gasteiger partial charge in [-0.1, -0.05) is 11.6 Å². The molecule has 1 aliphatic rings. The van der Waals surface area contributed by atoms with E-state index in [1.54, 1.807) is 17.1 Å². The second-order valence-corrected chi connectivity index (χ2v) is 3.32. The highest BCUT2D eigenvalue weighted by Gasteiger charge is 2.15. The van der Waals surface area contributed by atoms with E-state index in [0.717, 1.165) is 13.0 Å². The van der Waals surface area contributed by atoms with Gasteiger partial charge in [-0.25, -0.2) is 0 Å². The van der Waals surface area contributed by atoms with E-state index in [9.17, 15) is 0 Å². The lowest BCUT2D eigenvalue weighted by molar-refractivity contribution is -0.0495. The molecular weight excluding hydrogens is 192 g/mol. The van der Waals surface area contributed by atoms with Crippen LogP contribution in [0.3, 0.4) is 0 Å². The van der Waals surface area contributed by atoms with Gasteiger partial charge in [-0.05, 0) is 0 Å². The number of rotatable bonds is 3. The number of ether oxygens (including phenoxy) is 2. The van der Waals surface area contributed by atoms with Crippen molar-refractivity contribution >= 4 is 11.6 Å². The summed E-state index contributed by atoms with van der Waals surface area (Å²) in [6, 6.07) is 0. The summed E-state index contributed by atoms with van der Waals surface area (Å²) in [5.74, 6) is 0. The molecule has 0 aromatic carbocycles. The summed E-state index contributed by atoms with van der Waals surface area (Å²) >= 11 is 5.71. The van der Waals surface area contributed by atoms with Crippen LogP contribution in [0.4, 0.5) is 0 Å². The summed E-state index contributed by atoms with van der Waals surface area (Å²) in [4.78, 5) is 0. The van der Waals surface area contributed by atoms with E-state index in [1.165, 1.54) is 0 Å². The van der Waals surface area contributed by atoms with Gasteiger partial charge in [0, 0.05) is 19.2 Å². The van der Waals surface area contributed by atoms with Gasteiger partial charge in [0.05, 0.1) is 24.4 Å². The SMILES string of the molecule is Clc1cnn(CCC2OCCO2)c1. The third-order valence-corrected chi connectivity index (χ3v) is 2.08. The van der Waals surface area contributed by atoms with E-state index in [1.807, 2.05) is 0 Å². The van der Waals surface area contributed by atoms with Gasteiger partial charge in [-0.3, -0.25) is 4.68 Å². The number of nitrogens with zero attached hydrogens (tertiary/aromatic N) is 2. The van der Waals surface area contributed by atoms with Crippen LogP contribution in [-0.2, 0) is 16.0 Å². The second-order valence-electron chi connectivity index (χ2n) is 2.88. The molecule has 0 N–H and O–H groups in total. The summed E-state index contributed by atoms with van der Waals surface area (Å²) in [7, 11) is 0. The molecule has 0 radical (unpaired) electrons. The maximum Gasteiger partial charge on any atom is 0.159 e. The Morgan fingerprint density at radius 2 is 2.31 bits per heavy atom. The fourth-order valence-electron chi connectivity index (χ4n) is 1.27. The first-order valence-electron chi connectivity index (χ1n) is 4.26. The smallest absolute Gasteiger partial charge is 0.159 e. The summed E-state index contributed by atoms with van der Waals surface area (Å²) in [6.45, 7) is 2.17. The molecule has 0 bridgehead atoms. The van der Waals surface area contributed by atoms with Crippen molar-refractivity contribution in [2.24, 2.45) is 0 Å². The standard InChI is InChI=1S/C8H11ClN2O2/c9-7-5-10-11(6-7)2-1-8-12-3-4-13-8/h5-6,8H,1-4H2. The molecule has 0 aliphatic carbocycles. The molecule has 72 valence electrons. The molecule has 2 heterocycles. The first-order valence-corrected chi connectivity index (χ1v) is 4.63. The van der Waals surface area contributed by atoms with E-state index in [-0.39, 0.29) is 6.29 Å². The first kappa shape index (κ1) is 8.99. The van der Waals surface area contributed by atoms with Crippen molar-refractivity contribution in [3.05, 3.63) is 17.4 Å². The summed E-state index contributed by atoms with van der Waals surface area (Å²) in [5, 5.41) is 4.71. The zero-order valence-corrected chi connectivity index (χ0v) is 7.91. The molecule has 0 saturated carbocycles.